The minimum Gasteiger partial charge on any atom is -0.398 e. The van der Waals surface area contributed by atoms with E-state index in [4.69, 9.17) is 5.73 Å². The number of para-hydroxylation sites is 1. The van der Waals surface area contributed by atoms with Crippen molar-refractivity contribution in [2.45, 2.75) is 26.9 Å². The zero-order chi connectivity index (χ0) is 16.7. The average molecular weight is 384 g/mol. The monoisotopic (exact) mass is 383 g/mol. The molecule has 6 heteroatoms. The summed E-state index contributed by atoms with van der Waals surface area (Å²) < 4.78 is 0. The van der Waals surface area contributed by atoms with Crippen molar-refractivity contribution in [3.63, 3.8) is 0 Å². The maximum absolute atomic E-state index is 12.3. The number of hydrogen-bond acceptors (Lipinski definition) is 3. The van der Waals surface area contributed by atoms with E-state index in [1.54, 1.807) is 12.1 Å². The second-order valence-corrected chi connectivity index (χ2v) is 5.50. The first kappa shape index (κ1) is 23.2. The molecule has 0 bridgehead atoms. The smallest absolute Gasteiger partial charge is 0.253 e. The molecule has 0 aliphatic rings. The lowest BCUT2D eigenvalue weighted by molar-refractivity contribution is 0.0951. The van der Waals surface area contributed by atoms with Crippen molar-refractivity contribution < 1.29 is 4.79 Å². The summed E-state index contributed by atoms with van der Waals surface area (Å²) in [4.78, 5) is 14.6. The minimum atomic E-state index is -0.138. The van der Waals surface area contributed by atoms with E-state index in [1.807, 2.05) is 24.3 Å². The van der Waals surface area contributed by atoms with Gasteiger partial charge in [0.05, 0.1) is 5.56 Å². The molecule has 1 amide bonds. The Morgan fingerprint density at radius 3 is 2.12 bits per heavy atom. The Labute approximate surface area is 162 Å². The fourth-order valence-electron chi connectivity index (χ4n) is 2.55. The Hall–Kier alpha value is -1.75. The SMILES string of the molecule is CCN(CC)Cc1ccccc1CNC(=O)c1ccccc1N.Cl.Cl. The zero-order valence-electron chi connectivity index (χ0n) is 14.7. The van der Waals surface area contributed by atoms with Gasteiger partial charge >= 0.3 is 0 Å². The highest BCUT2D eigenvalue weighted by Crippen LogP contribution is 2.13. The van der Waals surface area contributed by atoms with Crippen molar-refractivity contribution in [2.24, 2.45) is 0 Å². The van der Waals surface area contributed by atoms with Crippen molar-refractivity contribution >= 4 is 36.4 Å². The van der Waals surface area contributed by atoms with Crippen molar-refractivity contribution in [3.8, 4) is 0 Å². The van der Waals surface area contributed by atoms with Crippen LogP contribution in [-0.2, 0) is 13.1 Å². The number of carbonyl (C=O) groups is 1. The van der Waals surface area contributed by atoms with E-state index in [0.29, 0.717) is 17.8 Å². The van der Waals surface area contributed by atoms with E-state index in [9.17, 15) is 4.79 Å². The van der Waals surface area contributed by atoms with Crippen LogP contribution >= 0.6 is 24.8 Å². The summed E-state index contributed by atoms with van der Waals surface area (Å²) in [7, 11) is 0. The Morgan fingerprint density at radius 2 is 1.52 bits per heavy atom. The molecule has 0 unspecified atom stereocenters. The Morgan fingerprint density at radius 1 is 0.960 bits per heavy atom. The lowest BCUT2D eigenvalue weighted by Crippen LogP contribution is -2.26. The van der Waals surface area contributed by atoms with Gasteiger partial charge in [-0.1, -0.05) is 50.2 Å². The van der Waals surface area contributed by atoms with Gasteiger partial charge in [-0.15, -0.1) is 24.8 Å². The topological polar surface area (TPSA) is 58.4 Å². The second kappa shape index (κ2) is 11.7. The molecular formula is C19H27Cl2N3O. The van der Waals surface area contributed by atoms with E-state index in [-0.39, 0.29) is 30.7 Å². The van der Waals surface area contributed by atoms with Crippen LogP contribution in [0.25, 0.3) is 0 Å². The van der Waals surface area contributed by atoms with E-state index in [2.05, 4.69) is 36.2 Å². The molecule has 0 fully saturated rings. The predicted molar refractivity (Wildman–Crippen MR) is 110 cm³/mol. The fourth-order valence-corrected chi connectivity index (χ4v) is 2.55. The summed E-state index contributed by atoms with van der Waals surface area (Å²) >= 11 is 0. The number of nitrogens with two attached hydrogens (primary N) is 1. The van der Waals surface area contributed by atoms with Crippen molar-refractivity contribution in [2.75, 3.05) is 18.8 Å². The summed E-state index contributed by atoms with van der Waals surface area (Å²) in [6.07, 6.45) is 0. The third kappa shape index (κ3) is 6.58. The normalized spacial score (nSPS) is 9.88. The molecule has 0 saturated carbocycles. The standard InChI is InChI=1S/C19H25N3O.2ClH/c1-3-22(4-2)14-16-10-6-5-9-15(16)13-21-19(23)17-11-7-8-12-18(17)20;;/h5-12H,3-4,13-14,20H2,1-2H3,(H,21,23);2*1H. The number of nitrogen functional groups attached to an aromatic ring is 1. The first-order valence-corrected chi connectivity index (χ1v) is 8.07. The summed E-state index contributed by atoms with van der Waals surface area (Å²) in [6, 6.07) is 15.4. The molecule has 2 aromatic rings. The number of anilines is 1. The molecule has 0 spiro atoms. The van der Waals surface area contributed by atoms with Crippen LogP contribution in [-0.4, -0.2) is 23.9 Å². The molecule has 0 aliphatic heterocycles. The highest BCUT2D eigenvalue weighted by Gasteiger charge is 2.10. The highest BCUT2D eigenvalue weighted by atomic mass is 35.5. The first-order valence-electron chi connectivity index (χ1n) is 8.07. The third-order valence-corrected chi connectivity index (χ3v) is 4.05. The molecular weight excluding hydrogens is 357 g/mol. The summed E-state index contributed by atoms with van der Waals surface area (Å²) in [5.74, 6) is -0.138. The number of halogens is 2. The fraction of sp³-hybridized carbons (Fsp3) is 0.316. The van der Waals surface area contributed by atoms with Crippen molar-refractivity contribution in [1.82, 2.24) is 10.2 Å². The van der Waals surface area contributed by atoms with Gasteiger partial charge in [-0.2, -0.15) is 0 Å². The Kier molecular flexibility index (Phi) is 10.9. The molecule has 0 radical (unpaired) electrons. The molecule has 0 aliphatic carbocycles. The van der Waals surface area contributed by atoms with Crippen LogP contribution in [0.1, 0.15) is 35.3 Å². The predicted octanol–water partition coefficient (Wildman–Crippen LogP) is 3.88. The molecule has 3 N–H and O–H groups in total. The molecule has 0 aromatic heterocycles. The van der Waals surface area contributed by atoms with E-state index < -0.39 is 0 Å². The highest BCUT2D eigenvalue weighted by molar-refractivity contribution is 5.99. The summed E-state index contributed by atoms with van der Waals surface area (Å²) in [5, 5.41) is 2.97. The zero-order valence-corrected chi connectivity index (χ0v) is 16.3. The Bertz CT molecular complexity index is 661. The van der Waals surface area contributed by atoms with Gasteiger partial charge in [0, 0.05) is 18.8 Å². The van der Waals surface area contributed by atoms with Gasteiger partial charge in [0.2, 0.25) is 0 Å². The van der Waals surface area contributed by atoms with Crippen LogP contribution in [0, 0.1) is 0 Å². The van der Waals surface area contributed by atoms with Gasteiger partial charge in [-0.3, -0.25) is 9.69 Å². The lowest BCUT2D eigenvalue weighted by atomic mass is 10.1. The molecule has 4 nitrogen and oxygen atoms in total. The van der Waals surface area contributed by atoms with Gasteiger partial charge in [0.15, 0.2) is 0 Å². The molecule has 2 rings (SSSR count). The maximum Gasteiger partial charge on any atom is 0.253 e. The van der Waals surface area contributed by atoms with Crippen molar-refractivity contribution in [3.05, 3.63) is 65.2 Å². The number of rotatable bonds is 7. The number of amides is 1. The number of carbonyl (C=O) groups excluding carboxylic acids is 1. The van der Waals surface area contributed by atoms with Gasteiger partial charge in [-0.25, -0.2) is 0 Å². The number of nitrogens with one attached hydrogen (secondary N) is 1. The largest absolute Gasteiger partial charge is 0.398 e. The molecule has 0 heterocycles. The Balaban J connectivity index is 0.00000288. The van der Waals surface area contributed by atoms with Gasteiger partial charge in [0.25, 0.3) is 5.91 Å². The number of hydrogen-bond donors (Lipinski definition) is 2. The third-order valence-electron chi connectivity index (χ3n) is 4.05. The number of benzene rings is 2. The minimum absolute atomic E-state index is 0. The first-order chi connectivity index (χ1) is 11.2. The van der Waals surface area contributed by atoms with Gasteiger partial charge < -0.3 is 11.1 Å². The van der Waals surface area contributed by atoms with Crippen molar-refractivity contribution in [1.29, 1.82) is 0 Å². The number of nitrogens with zero attached hydrogens (tertiary/aromatic N) is 1. The van der Waals surface area contributed by atoms with Gasteiger partial charge in [-0.05, 0) is 36.3 Å². The second-order valence-electron chi connectivity index (χ2n) is 5.50. The molecule has 138 valence electrons. The molecule has 25 heavy (non-hydrogen) atoms. The van der Waals surface area contributed by atoms with E-state index in [1.165, 1.54) is 5.56 Å². The van der Waals surface area contributed by atoms with Gasteiger partial charge in [0.1, 0.15) is 0 Å². The molecule has 0 saturated heterocycles. The summed E-state index contributed by atoms with van der Waals surface area (Å²) in [6.45, 7) is 7.74. The maximum atomic E-state index is 12.3. The van der Waals surface area contributed by atoms with Crippen LogP contribution in [0.3, 0.4) is 0 Å². The summed E-state index contributed by atoms with van der Waals surface area (Å²) in [5.41, 5.74) is 9.27. The van der Waals surface area contributed by atoms with Crippen LogP contribution < -0.4 is 11.1 Å². The lowest BCUT2D eigenvalue weighted by Gasteiger charge is -2.20. The average Bonchev–Trinajstić information content (AvgIpc) is 2.58. The van der Waals surface area contributed by atoms with E-state index >= 15 is 0 Å². The van der Waals surface area contributed by atoms with Crippen LogP contribution in [0.5, 0.6) is 0 Å². The molecule has 0 atom stereocenters. The van der Waals surface area contributed by atoms with Crippen LogP contribution in [0.4, 0.5) is 5.69 Å². The van der Waals surface area contributed by atoms with E-state index in [0.717, 1.165) is 25.2 Å². The van der Waals surface area contributed by atoms with Crippen LogP contribution in [0.2, 0.25) is 0 Å². The molecule has 2 aromatic carbocycles. The van der Waals surface area contributed by atoms with Crippen LogP contribution in [0.15, 0.2) is 48.5 Å². The quantitative estimate of drug-likeness (QED) is 0.713.